The van der Waals surface area contributed by atoms with E-state index in [1.54, 1.807) is 0 Å². The Hall–Kier alpha value is -3.12. The largest absolute Gasteiger partial charge is 0.481 e. The van der Waals surface area contributed by atoms with Crippen LogP contribution in [0.25, 0.3) is 0 Å². The third kappa shape index (κ3) is 5.95. The molecule has 0 radical (unpaired) electrons. The van der Waals surface area contributed by atoms with E-state index in [0.717, 1.165) is 49.5 Å². The highest BCUT2D eigenvalue weighted by atomic mass is 16.5. The smallest absolute Gasteiger partial charge is 0.303 e. The average Bonchev–Trinajstić information content (AvgIpc) is 3.20. The first-order valence-corrected chi connectivity index (χ1v) is 10.7. The maximum Gasteiger partial charge on any atom is 0.303 e. The number of benzene rings is 1. The van der Waals surface area contributed by atoms with Gasteiger partial charge in [0.1, 0.15) is 6.07 Å². The van der Waals surface area contributed by atoms with Crippen molar-refractivity contribution in [3.63, 3.8) is 0 Å². The summed E-state index contributed by atoms with van der Waals surface area (Å²) in [4.78, 5) is 17.8. The van der Waals surface area contributed by atoms with Gasteiger partial charge in [-0.1, -0.05) is 26.8 Å². The summed E-state index contributed by atoms with van der Waals surface area (Å²) in [6, 6.07) is 8.31. The Bertz CT molecular complexity index is 930. The van der Waals surface area contributed by atoms with Crippen LogP contribution in [-0.2, 0) is 9.53 Å². The summed E-state index contributed by atoms with van der Waals surface area (Å²) in [5.41, 5.74) is 2.72. The van der Waals surface area contributed by atoms with Crippen LogP contribution in [0.3, 0.4) is 0 Å². The van der Waals surface area contributed by atoms with Crippen molar-refractivity contribution in [2.24, 2.45) is 5.92 Å². The zero-order valence-corrected chi connectivity index (χ0v) is 18.3. The van der Waals surface area contributed by atoms with E-state index < -0.39 is 5.97 Å². The highest BCUT2D eigenvalue weighted by Crippen LogP contribution is 2.35. The first kappa shape index (κ1) is 22.6. The second kappa shape index (κ2) is 10.3. The molecule has 1 atom stereocenters. The summed E-state index contributed by atoms with van der Waals surface area (Å²) in [6.45, 7) is 8.64. The minimum Gasteiger partial charge on any atom is -0.481 e. The molecule has 1 aliphatic heterocycles. The number of carboxylic acid groups (broad SMARTS) is 1. The topological polar surface area (TPSA) is 127 Å². The monoisotopic (exact) mass is 426 g/mol. The number of aromatic nitrogens is 3. The molecule has 1 saturated heterocycles. The highest BCUT2D eigenvalue weighted by molar-refractivity contribution is 5.75. The van der Waals surface area contributed by atoms with Gasteiger partial charge in [0.2, 0.25) is 11.8 Å². The van der Waals surface area contributed by atoms with Crippen molar-refractivity contribution in [1.82, 2.24) is 15.2 Å². The van der Waals surface area contributed by atoms with Gasteiger partial charge in [0.25, 0.3) is 0 Å². The lowest BCUT2D eigenvalue weighted by molar-refractivity contribution is -0.137. The molecule has 9 heteroatoms. The number of rotatable bonds is 9. The van der Waals surface area contributed by atoms with E-state index in [1.807, 2.05) is 31.2 Å². The van der Waals surface area contributed by atoms with E-state index in [0.29, 0.717) is 17.9 Å². The molecule has 0 bridgehead atoms. The maximum atomic E-state index is 11.2. The predicted molar refractivity (Wildman–Crippen MR) is 118 cm³/mol. The van der Waals surface area contributed by atoms with Crippen molar-refractivity contribution in [2.75, 3.05) is 30.0 Å². The molecule has 2 heterocycles. The minimum atomic E-state index is -0.831. The molecule has 1 aromatic carbocycles. The van der Waals surface area contributed by atoms with Gasteiger partial charge in [-0.15, -0.1) is 5.10 Å². The summed E-state index contributed by atoms with van der Waals surface area (Å²) in [5.74, 6) is -0.0897. The van der Waals surface area contributed by atoms with Gasteiger partial charge in [-0.05, 0) is 42.4 Å². The maximum absolute atomic E-state index is 11.2. The number of nitrogens with one attached hydrogen (secondary N) is 2. The molecule has 1 unspecified atom stereocenters. The number of anilines is 3. The Labute approximate surface area is 182 Å². The number of hydrogen-bond donors (Lipinski definition) is 3. The molecule has 0 amide bonds. The fraction of sp³-hybridized carbons (Fsp3) is 0.545. The fourth-order valence-corrected chi connectivity index (χ4v) is 3.91. The average molecular weight is 427 g/mol. The summed E-state index contributed by atoms with van der Waals surface area (Å²) in [5, 5.41) is 28.2. The third-order valence-electron chi connectivity index (χ3n) is 5.41. The van der Waals surface area contributed by atoms with Gasteiger partial charge in [0.05, 0.1) is 17.8 Å². The number of aliphatic carboxylic acids is 1. The summed E-state index contributed by atoms with van der Waals surface area (Å²) < 4.78 is 5.57. The number of carboxylic acids is 1. The molecular formula is C22H30N6O3. The van der Waals surface area contributed by atoms with Gasteiger partial charge in [0, 0.05) is 25.8 Å². The lowest BCUT2D eigenvalue weighted by Gasteiger charge is -2.38. The Morgan fingerprint density at radius 1 is 1.39 bits per heavy atom. The van der Waals surface area contributed by atoms with Crippen LogP contribution in [-0.4, -0.2) is 52.1 Å². The van der Waals surface area contributed by atoms with Gasteiger partial charge >= 0.3 is 5.97 Å². The standard InChI is InChI=1S/C22H30N6O3/c1-14(2)13-28(17-6-8-31-9-7-17)19-5-4-16(15(3)10-21(29)30)11-18(19)24-22-25-20(12-23)26-27-22/h4-5,11,14-15,17H,6-10,13H2,1-3H3,(H,29,30)(H2,24,25,26,27). The van der Waals surface area contributed by atoms with Crippen molar-refractivity contribution in [1.29, 1.82) is 5.26 Å². The molecule has 0 aliphatic carbocycles. The molecule has 166 valence electrons. The molecular weight excluding hydrogens is 396 g/mol. The van der Waals surface area contributed by atoms with Crippen LogP contribution in [0.4, 0.5) is 17.3 Å². The predicted octanol–water partition coefficient (Wildman–Crippen LogP) is 3.64. The quantitative estimate of drug-likeness (QED) is 0.555. The number of nitriles is 1. The molecule has 1 aromatic heterocycles. The number of hydrogen-bond acceptors (Lipinski definition) is 7. The fourth-order valence-electron chi connectivity index (χ4n) is 3.91. The molecule has 0 saturated carbocycles. The van der Waals surface area contributed by atoms with E-state index in [1.165, 1.54) is 0 Å². The molecule has 1 fully saturated rings. The lowest BCUT2D eigenvalue weighted by Crippen LogP contribution is -2.42. The van der Waals surface area contributed by atoms with Gasteiger partial charge in [0.15, 0.2) is 0 Å². The van der Waals surface area contributed by atoms with E-state index >= 15 is 0 Å². The zero-order chi connectivity index (χ0) is 22.4. The Kier molecular flexibility index (Phi) is 7.47. The number of aromatic amines is 1. The van der Waals surface area contributed by atoms with Crippen LogP contribution < -0.4 is 10.2 Å². The second-order valence-electron chi connectivity index (χ2n) is 8.41. The number of ether oxygens (including phenoxy) is 1. The van der Waals surface area contributed by atoms with Crippen molar-refractivity contribution in [3.8, 4) is 6.07 Å². The molecule has 1 aliphatic rings. The van der Waals surface area contributed by atoms with Crippen LogP contribution in [0.2, 0.25) is 0 Å². The van der Waals surface area contributed by atoms with E-state index in [9.17, 15) is 9.90 Å². The van der Waals surface area contributed by atoms with Crippen LogP contribution in [0.1, 0.15) is 57.3 Å². The van der Waals surface area contributed by atoms with Crippen LogP contribution in [0.5, 0.6) is 0 Å². The van der Waals surface area contributed by atoms with Crippen molar-refractivity contribution < 1.29 is 14.6 Å². The van der Waals surface area contributed by atoms with Gasteiger partial charge in [-0.25, -0.2) is 5.10 Å². The molecule has 3 rings (SSSR count). The first-order chi connectivity index (χ1) is 14.9. The Balaban J connectivity index is 2.00. The van der Waals surface area contributed by atoms with Crippen LogP contribution in [0.15, 0.2) is 18.2 Å². The summed E-state index contributed by atoms with van der Waals surface area (Å²) >= 11 is 0. The number of nitrogens with zero attached hydrogens (tertiary/aromatic N) is 4. The van der Waals surface area contributed by atoms with Crippen LogP contribution in [0, 0.1) is 17.2 Å². The Morgan fingerprint density at radius 3 is 2.74 bits per heavy atom. The molecule has 3 N–H and O–H groups in total. The second-order valence-corrected chi connectivity index (χ2v) is 8.41. The molecule has 9 nitrogen and oxygen atoms in total. The normalized spacial score (nSPS) is 15.5. The van der Waals surface area contributed by atoms with Gasteiger partial charge in [-0.3, -0.25) is 4.79 Å². The third-order valence-corrected chi connectivity index (χ3v) is 5.41. The van der Waals surface area contributed by atoms with Gasteiger partial charge in [-0.2, -0.15) is 10.2 Å². The molecule has 31 heavy (non-hydrogen) atoms. The Morgan fingerprint density at radius 2 is 2.13 bits per heavy atom. The van der Waals surface area contributed by atoms with Gasteiger partial charge < -0.3 is 20.1 Å². The lowest BCUT2D eigenvalue weighted by atomic mass is 9.95. The van der Waals surface area contributed by atoms with E-state index in [4.69, 9.17) is 10.00 Å². The molecule has 2 aromatic rings. The molecule has 0 spiro atoms. The van der Waals surface area contributed by atoms with Crippen molar-refractivity contribution in [3.05, 3.63) is 29.6 Å². The summed E-state index contributed by atoms with van der Waals surface area (Å²) in [7, 11) is 0. The van der Waals surface area contributed by atoms with Crippen molar-refractivity contribution >= 4 is 23.3 Å². The number of H-pyrrole nitrogens is 1. The van der Waals surface area contributed by atoms with Crippen molar-refractivity contribution in [2.45, 2.75) is 52.0 Å². The first-order valence-electron chi connectivity index (χ1n) is 10.7. The van der Waals surface area contributed by atoms with E-state index in [-0.39, 0.29) is 18.2 Å². The summed E-state index contributed by atoms with van der Waals surface area (Å²) in [6.07, 6.45) is 1.94. The minimum absolute atomic E-state index is 0.0493. The highest BCUT2D eigenvalue weighted by Gasteiger charge is 2.25. The SMILES string of the molecule is CC(C)CN(c1ccc(C(C)CC(=O)O)cc1Nc1n[nH]c(C#N)n1)C1CCOCC1. The zero-order valence-electron chi connectivity index (χ0n) is 18.3. The van der Waals surface area contributed by atoms with Crippen LogP contribution >= 0.6 is 0 Å². The van der Waals surface area contributed by atoms with E-state index in [2.05, 4.69) is 39.2 Å². The number of carbonyl (C=O) groups is 1.